The van der Waals surface area contributed by atoms with Crippen LogP contribution in [0.25, 0.3) is 0 Å². The number of ketones is 1. The highest BCUT2D eigenvalue weighted by Gasteiger charge is 2.11. The minimum Gasteiger partial charge on any atom is -0.497 e. The van der Waals surface area contributed by atoms with Gasteiger partial charge in [0.2, 0.25) is 0 Å². The first-order chi connectivity index (χ1) is 8.56. The molecule has 3 heteroatoms. The number of rotatable bonds is 7. The smallest absolute Gasteiger partial charge is 0.176 e. The summed E-state index contributed by atoms with van der Waals surface area (Å²) in [7, 11) is 3.62. The molecular formula is C15H23NO2. The van der Waals surface area contributed by atoms with Crippen LogP contribution in [0.5, 0.6) is 5.75 Å². The molecule has 100 valence electrons. The third kappa shape index (κ3) is 4.49. The van der Waals surface area contributed by atoms with Crippen molar-refractivity contribution in [3.63, 3.8) is 0 Å². The number of ether oxygens (including phenoxy) is 1. The van der Waals surface area contributed by atoms with E-state index in [9.17, 15) is 4.79 Å². The standard InChI is InChI=1S/C15H23NO2/c1-5-12(2)10-16(3)11-15(17)13-6-8-14(18-4)9-7-13/h6-9,12H,5,10-11H2,1-4H3. The number of methoxy groups -OCH3 is 1. The molecule has 0 aromatic heterocycles. The Morgan fingerprint density at radius 1 is 1.33 bits per heavy atom. The molecule has 0 fully saturated rings. The molecule has 0 aliphatic heterocycles. The van der Waals surface area contributed by atoms with E-state index in [4.69, 9.17) is 4.74 Å². The second kappa shape index (κ2) is 7.17. The number of benzene rings is 1. The Bertz CT molecular complexity index is 373. The third-order valence-electron chi connectivity index (χ3n) is 3.15. The molecule has 1 aromatic rings. The molecule has 0 heterocycles. The zero-order valence-electron chi connectivity index (χ0n) is 11.8. The molecule has 0 saturated carbocycles. The molecule has 0 N–H and O–H groups in total. The van der Waals surface area contributed by atoms with Crippen LogP contribution >= 0.6 is 0 Å². The maximum atomic E-state index is 12.0. The van der Waals surface area contributed by atoms with E-state index in [1.165, 1.54) is 0 Å². The zero-order valence-corrected chi connectivity index (χ0v) is 11.8. The normalized spacial score (nSPS) is 12.5. The van der Waals surface area contributed by atoms with Crippen molar-refractivity contribution in [2.75, 3.05) is 27.2 Å². The van der Waals surface area contributed by atoms with Gasteiger partial charge in [0.1, 0.15) is 5.75 Å². The van der Waals surface area contributed by atoms with Crippen LogP contribution in [0.3, 0.4) is 0 Å². The van der Waals surface area contributed by atoms with Gasteiger partial charge in [-0.2, -0.15) is 0 Å². The number of Topliss-reactive ketones (excluding diaryl/α,β-unsaturated/α-hetero) is 1. The molecule has 1 rings (SSSR count). The van der Waals surface area contributed by atoms with E-state index in [-0.39, 0.29) is 5.78 Å². The minimum atomic E-state index is 0.156. The molecule has 0 bridgehead atoms. The second-order valence-electron chi connectivity index (χ2n) is 4.86. The minimum absolute atomic E-state index is 0.156. The van der Waals surface area contributed by atoms with Gasteiger partial charge in [-0.25, -0.2) is 0 Å². The van der Waals surface area contributed by atoms with Gasteiger partial charge >= 0.3 is 0 Å². The lowest BCUT2D eigenvalue weighted by Gasteiger charge is -2.19. The van der Waals surface area contributed by atoms with Crippen molar-refractivity contribution in [2.24, 2.45) is 5.92 Å². The van der Waals surface area contributed by atoms with Gasteiger partial charge in [0, 0.05) is 12.1 Å². The summed E-state index contributed by atoms with van der Waals surface area (Å²) in [5.74, 6) is 1.56. The lowest BCUT2D eigenvalue weighted by molar-refractivity contribution is 0.0939. The molecule has 0 radical (unpaired) electrons. The number of hydrogen-bond acceptors (Lipinski definition) is 3. The number of carbonyl (C=O) groups is 1. The Morgan fingerprint density at radius 3 is 2.44 bits per heavy atom. The van der Waals surface area contributed by atoms with Crippen LogP contribution in [-0.2, 0) is 0 Å². The van der Waals surface area contributed by atoms with E-state index in [2.05, 4.69) is 18.7 Å². The molecule has 0 amide bonds. The van der Waals surface area contributed by atoms with Crippen LogP contribution in [0.2, 0.25) is 0 Å². The molecule has 0 aliphatic carbocycles. The van der Waals surface area contributed by atoms with Crippen molar-refractivity contribution in [3.05, 3.63) is 29.8 Å². The molecule has 0 spiro atoms. The maximum Gasteiger partial charge on any atom is 0.176 e. The highest BCUT2D eigenvalue weighted by atomic mass is 16.5. The highest BCUT2D eigenvalue weighted by molar-refractivity contribution is 5.97. The highest BCUT2D eigenvalue weighted by Crippen LogP contribution is 2.12. The summed E-state index contributed by atoms with van der Waals surface area (Å²) in [6.45, 7) is 5.80. The zero-order chi connectivity index (χ0) is 13.5. The van der Waals surface area contributed by atoms with E-state index in [1.807, 2.05) is 31.3 Å². The summed E-state index contributed by atoms with van der Waals surface area (Å²) in [5, 5.41) is 0. The number of carbonyl (C=O) groups excluding carboxylic acids is 1. The SMILES string of the molecule is CCC(C)CN(C)CC(=O)c1ccc(OC)cc1. The molecular weight excluding hydrogens is 226 g/mol. The van der Waals surface area contributed by atoms with Crippen LogP contribution in [0.4, 0.5) is 0 Å². The topological polar surface area (TPSA) is 29.5 Å². The van der Waals surface area contributed by atoms with Crippen LogP contribution in [-0.4, -0.2) is 37.9 Å². The predicted octanol–water partition coefficient (Wildman–Crippen LogP) is 2.86. The van der Waals surface area contributed by atoms with E-state index in [1.54, 1.807) is 7.11 Å². The van der Waals surface area contributed by atoms with E-state index in [0.717, 1.165) is 24.3 Å². The molecule has 1 aromatic carbocycles. The molecule has 0 aliphatic rings. The van der Waals surface area contributed by atoms with Gasteiger partial charge in [-0.15, -0.1) is 0 Å². The average Bonchev–Trinajstić information content (AvgIpc) is 2.38. The fourth-order valence-electron chi connectivity index (χ4n) is 1.84. The van der Waals surface area contributed by atoms with Crippen LogP contribution in [0, 0.1) is 5.92 Å². The Hall–Kier alpha value is -1.35. The van der Waals surface area contributed by atoms with Gasteiger partial charge in [-0.1, -0.05) is 20.3 Å². The fraction of sp³-hybridized carbons (Fsp3) is 0.533. The summed E-state index contributed by atoms with van der Waals surface area (Å²) in [4.78, 5) is 14.1. The first-order valence-electron chi connectivity index (χ1n) is 6.42. The average molecular weight is 249 g/mol. The van der Waals surface area contributed by atoms with Crippen molar-refractivity contribution in [1.82, 2.24) is 4.90 Å². The third-order valence-corrected chi connectivity index (χ3v) is 3.15. The van der Waals surface area contributed by atoms with Crippen molar-refractivity contribution >= 4 is 5.78 Å². The summed E-state index contributed by atoms with van der Waals surface area (Å²) in [6, 6.07) is 7.28. The van der Waals surface area contributed by atoms with Gasteiger partial charge in [-0.05, 0) is 37.2 Å². The number of hydrogen-bond donors (Lipinski definition) is 0. The van der Waals surface area contributed by atoms with E-state index >= 15 is 0 Å². The lowest BCUT2D eigenvalue weighted by atomic mass is 10.1. The van der Waals surface area contributed by atoms with Crippen LogP contribution in [0.1, 0.15) is 30.6 Å². The van der Waals surface area contributed by atoms with Crippen molar-refractivity contribution < 1.29 is 9.53 Å². The summed E-state index contributed by atoms with van der Waals surface area (Å²) in [5.41, 5.74) is 0.742. The van der Waals surface area contributed by atoms with Gasteiger partial charge < -0.3 is 4.74 Å². The van der Waals surface area contributed by atoms with Crippen molar-refractivity contribution in [1.29, 1.82) is 0 Å². The summed E-state index contributed by atoms with van der Waals surface area (Å²) >= 11 is 0. The van der Waals surface area contributed by atoms with Crippen LogP contribution in [0.15, 0.2) is 24.3 Å². The first-order valence-corrected chi connectivity index (χ1v) is 6.42. The first kappa shape index (κ1) is 14.7. The Labute approximate surface area is 110 Å². The Kier molecular flexibility index (Phi) is 5.86. The molecule has 1 atom stereocenters. The lowest BCUT2D eigenvalue weighted by Crippen LogP contribution is -2.29. The van der Waals surface area contributed by atoms with Crippen molar-refractivity contribution in [3.8, 4) is 5.75 Å². The summed E-state index contributed by atoms with van der Waals surface area (Å²) < 4.78 is 5.08. The van der Waals surface area contributed by atoms with Gasteiger partial charge in [-0.3, -0.25) is 9.69 Å². The number of nitrogens with zero attached hydrogens (tertiary/aromatic N) is 1. The Balaban J connectivity index is 2.53. The Morgan fingerprint density at radius 2 is 1.94 bits per heavy atom. The fourth-order valence-corrected chi connectivity index (χ4v) is 1.84. The van der Waals surface area contributed by atoms with E-state index in [0.29, 0.717) is 12.5 Å². The molecule has 3 nitrogen and oxygen atoms in total. The molecule has 0 saturated heterocycles. The number of likely N-dealkylation sites (N-methyl/N-ethyl adjacent to an activating group) is 1. The second-order valence-corrected chi connectivity index (χ2v) is 4.86. The maximum absolute atomic E-state index is 12.0. The van der Waals surface area contributed by atoms with Crippen molar-refractivity contribution in [2.45, 2.75) is 20.3 Å². The monoisotopic (exact) mass is 249 g/mol. The largest absolute Gasteiger partial charge is 0.497 e. The molecule has 18 heavy (non-hydrogen) atoms. The van der Waals surface area contributed by atoms with Gasteiger partial charge in [0.05, 0.1) is 13.7 Å². The van der Waals surface area contributed by atoms with Crippen LogP contribution < -0.4 is 4.74 Å². The quantitative estimate of drug-likeness (QED) is 0.696. The van der Waals surface area contributed by atoms with Gasteiger partial charge in [0.25, 0.3) is 0 Å². The summed E-state index contributed by atoms with van der Waals surface area (Å²) in [6.07, 6.45) is 1.14. The van der Waals surface area contributed by atoms with Gasteiger partial charge in [0.15, 0.2) is 5.78 Å². The van der Waals surface area contributed by atoms with E-state index < -0.39 is 0 Å². The molecule has 1 unspecified atom stereocenters. The predicted molar refractivity (Wildman–Crippen MR) is 74.3 cm³/mol.